The van der Waals surface area contributed by atoms with Crippen LogP contribution in [0.4, 0.5) is 16.2 Å². The van der Waals surface area contributed by atoms with E-state index in [2.05, 4.69) is 5.32 Å². The van der Waals surface area contributed by atoms with Gasteiger partial charge in [-0.2, -0.15) is 0 Å². The number of benzene rings is 2. The minimum Gasteiger partial charge on any atom is -0.493 e. The van der Waals surface area contributed by atoms with Gasteiger partial charge in [-0.1, -0.05) is 37.6 Å². The van der Waals surface area contributed by atoms with Crippen LogP contribution in [0.3, 0.4) is 0 Å². The lowest BCUT2D eigenvalue weighted by Gasteiger charge is -2.18. The molecule has 154 valence electrons. The van der Waals surface area contributed by atoms with E-state index in [4.69, 9.17) is 25.8 Å². The first-order chi connectivity index (χ1) is 13.9. The zero-order valence-corrected chi connectivity index (χ0v) is 17.3. The summed E-state index contributed by atoms with van der Waals surface area (Å²) in [5.41, 5.74) is 1.37. The molecule has 1 aliphatic rings. The Bertz CT molecular complexity index is 916. The monoisotopic (exact) mass is 418 g/mol. The van der Waals surface area contributed by atoms with E-state index in [0.717, 1.165) is 0 Å². The topological polar surface area (TPSA) is 77.1 Å². The Labute approximate surface area is 174 Å². The lowest BCUT2D eigenvalue weighted by Crippen LogP contribution is -2.25. The van der Waals surface area contributed by atoms with Crippen LogP contribution in [0.25, 0.3) is 0 Å². The molecule has 1 heterocycles. The van der Waals surface area contributed by atoms with Crippen molar-refractivity contribution in [3.8, 4) is 11.5 Å². The molecule has 1 N–H and O–H groups in total. The summed E-state index contributed by atoms with van der Waals surface area (Å²) in [5.74, 6) is 0.701. The Morgan fingerprint density at radius 1 is 1.31 bits per heavy atom. The zero-order valence-electron chi connectivity index (χ0n) is 16.5. The van der Waals surface area contributed by atoms with Gasteiger partial charge in [0.1, 0.15) is 6.61 Å². The van der Waals surface area contributed by atoms with Crippen LogP contribution >= 0.6 is 11.6 Å². The third-order valence-electron chi connectivity index (χ3n) is 4.26. The smallest absolute Gasteiger partial charge is 0.414 e. The van der Waals surface area contributed by atoms with E-state index in [1.54, 1.807) is 30.3 Å². The first-order valence-corrected chi connectivity index (χ1v) is 9.63. The zero-order chi connectivity index (χ0) is 21.0. The maximum Gasteiger partial charge on any atom is 0.414 e. The Hall–Kier alpha value is -2.93. The van der Waals surface area contributed by atoms with Crippen LogP contribution in [0.2, 0.25) is 5.02 Å². The molecular formula is C21H23ClN2O5. The molecule has 0 bridgehead atoms. The second-order valence-electron chi connectivity index (χ2n) is 6.93. The minimum absolute atomic E-state index is 0.284. The van der Waals surface area contributed by atoms with E-state index in [1.165, 1.54) is 18.1 Å². The van der Waals surface area contributed by atoms with E-state index >= 15 is 0 Å². The third-order valence-corrected chi connectivity index (χ3v) is 4.54. The van der Waals surface area contributed by atoms with Crippen LogP contribution in [0.1, 0.15) is 24.2 Å². The van der Waals surface area contributed by atoms with Crippen molar-refractivity contribution >= 4 is 35.0 Å². The summed E-state index contributed by atoms with van der Waals surface area (Å²) < 4.78 is 16.1. The molecule has 1 aliphatic heterocycles. The van der Waals surface area contributed by atoms with E-state index in [1.807, 2.05) is 13.8 Å². The number of carbonyl (C=O) groups is 2. The van der Waals surface area contributed by atoms with Gasteiger partial charge in [0.05, 0.1) is 36.7 Å². The molecule has 0 unspecified atom stereocenters. The van der Waals surface area contributed by atoms with Crippen LogP contribution in [-0.2, 0) is 4.74 Å². The molecule has 2 aromatic carbocycles. The number of hydrogen-bond acceptors (Lipinski definition) is 5. The molecule has 0 aliphatic carbocycles. The third kappa shape index (κ3) is 4.74. The predicted molar refractivity (Wildman–Crippen MR) is 111 cm³/mol. The Morgan fingerprint density at radius 2 is 2.07 bits per heavy atom. The summed E-state index contributed by atoms with van der Waals surface area (Å²) in [6.07, 6.45) is -0.442. The highest BCUT2D eigenvalue weighted by Gasteiger charge is 2.26. The van der Waals surface area contributed by atoms with Crippen LogP contribution in [0, 0.1) is 5.92 Å². The van der Waals surface area contributed by atoms with Crippen LogP contribution in [0.15, 0.2) is 36.4 Å². The fraction of sp³-hybridized carbons (Fsp3) is 0.333. The molecule has 29 heavy (non-hydrogen) atoms. The van der Waals surface area contributed by atoms with Crippen LogP contribution in [0.5, 0.6) is 11.5 Å². The van der Waals surface area contributed by atoms with Crippen molar-refractivity contribution < 1.29 is 23.8 Å². The van der Waals surface area contributed by atoms with Crippen molar-refractivity contribution in [3.63, 3.8) is 0 Å². The molecule has 2 aromatic rings. The molecule has 7 nitrogen and oxygen atoms in total. The Kier molecular flexibility index (Phi) is 6.49. The Balaban J connectivity index is 1.85. The van der Waals surface area contributed by atoms with Crippen molar-refractivity contribution in [2.75, 3.05) is 37.1 Å². The maximum atomic E-state index is 12.9. The SMILES string of the molecule is COc1cc(C(=O)Nc2ccccc2N2CCOC2=O)cc(Cl)c1OCC(C)C. The molecule has 0 saturated carbocycles. The summed E-state index contributed by atoms with van der Waals surface area (Å²) in [6, 6.07) is 10.1. The fourth-order valence-corrected chi connectivity index (χ4v) is 3.13. The van der Waals surface area contributed by atoms with Gasteiger partial charge in [0.25, 0.3) is 5.91 Å². The van der Waals surface area contributed by atoms with Gasteiger partial charge < -0.3 is 19.5 Å². The highest BCUT2D eigenvalue weighted by atomic mass is 35.5. The number of rotatable bonds is 7. The molecule has 0 radical (unpaired) electrons. The van der Waals surface area contributed by atoms with Gasteiger partial charge in [0, 0.05) is 5.56 Å². The van der Waals surface area contributed by atoms with E-state index < -0.39 is 6.09 Å². The van der Waals surface area contributed by atoms with E-state index in [-0.39, 0.29) is 10.9 Å². The summed E-state index contributed by atoms with van der Waals surface area (Å²) in [6.45, 7) is 5.26. The average Bonchev–Trinajstić information content (AvgIpc) is 3.12. The number of anilines is 2. The normalized spacial score (nSPS) is 13.4. The van der Waals surface area contributed by atoms with Crippen molar-refractivity contribution in [3.05, 3.63) is 47.0 Å². The summed E-state index contributed by atoms with van der Waals surface area (Å²) >= 11 is 6.34. The number of ether oxygens (including phenoxy) is 3. The number of amides is 2. The van der Waals surface area contributed by atoms with Crippen molar-refractivity contribution in [1.82, 2.24) is 0 Å². The number of para-hydroxylation sites is 2. The molecule has 0 spiro atoms. The number of methoxy groups -OCH3 is 1. The summed E-state index contributed by atoms with van der Waals surface area (Å²) in [5, 5.41) is 3.11. The van der Waals surface area contributed by atoms with Gasteiger partial charge in [0.2, 0.25) is 0 Å². The molecule has 1 fully saturated rings. The van der Waals surface area contributed by atoms with Gasteiger partial charge in [-0.3, -0.25) is 9.69 Å². The van der Waals surface area contributed by atoms with Gasteiger partial charge in [-0.05, 0) is 30.2 Å². The number of halogens is 1. The molecule has 2 amide bonds. The molecular weight excluding hydrogens is 396 g/mol. The first kappa shape index (κ1) is 20.8. The van der Waals surface area contributed by atoms with Gasteiger partial charge in [-0.15, -0.1) is 0 Å². The van der Waals surface area contributed by atoms with Crippen LogP contribution < -0.4 is 19.7 Å². The molecule has 8 heteroatoms. The van der Waals surface area contributed by atoms with Gasteiger partial charge >= 0.3 is 6.09 Å². The predicted octanol–water partition coefficient (Wildman–Crippen LogP) is 4.59. The molecule has 0 atom stereocenters. The number of nitrogens with one attached hydrogen (secondary N) is 1. The number of nitrogens with zero attached hydrogens (tertiary/aromatic N) is 1. The lowest BCUT2D eigenvalue weighted by atomic mass is 10.1. The highest BCUT2D eigenvalue weighted by Crippen LogP contribution is 2.37. The quantitative estimate of drug-likeness (QED) is 0.711. The standard InChI is InChI=1S/C21H23ClN2O5/c1-13(2)12-29-19-15(22)10-14(11-18(19)27-3)20(25)23-16-6-4-5-7-17(16)24-8-9-28-21(24)26/h4-7,10-11,13H,8-9,12H2,1-3H3,(H,23,25). The van der Waals surface area contributed by atoms with Crippen molar-refractivity contribution in [1.29, 1.82) is 0 Å². The van der Waals surface area contributed by atoms with E-state index in [0.29, 0.717) is 54.1 Å². The fourth-order valence-electron chi connectivity index (χ4n) is 2.86. The summed E-state index contributed by atoms with van der Waals surface area (Å²) in [4.78, 5) is 26.2. The maximum absolute atomic E-state index is 12.9. The Morgan fingerprint density at radius 3 is 2.72 bits per heavy atom. The highest BCUT2D eigenvalue weighted by molar-refractivity contribution is 6.32. The largest absolute Gasteiger partial charge is 0.493 e. The number of hydrogen-bond donors (Lipinski definition) is 1. The molecule has 1 saturated heterocycles. The molecule has 3 rings (SSSR count). The van der Waals surface area contributed by atoms with E-state index in [9.17, 15) is 9.59 Å². The second-order valence-corrected chi connectivity index (χ2v) is 7.34. The lowest BCUT2D eigenvalue weighted by molar-refractivity contribution is 0.102. The van der Waals surface area contributed by atoms with Crippen molar-refractivity contribution in [2.45, 2.75) is 13.8 Å². The average molecular weight is 419 g/mol. The second kappa shape index (κ2) is 9.05. The molecule has 0 aromatic heterocycles. The van der Waals surface area contributed by atoms with Crippen molar-refractivity contribution in [2.24, 2.45) is 5.92 Å². The first-order valence-electron chi connectivity index (χ1n) is 9.25. The van der Waals surface area contributed by atoms with Gasteiger partial charge in [-0.25, -0.2) is 4.79 Å². The number of carbonyl (C=O) groups excluding carboxylic acids is 2. The number of cyclic esters (lactones) is 1. The minimum atomic E-state index is -0.442. The van der Waals surface area contributed by atoms with Gasteiger partial charge in [0.15, 0.2) is 11.5 Å². The van der Waals surface area contributed by atoms with Crippen LogP contribution in [-0.4, -0.2) is 38.9 Å². The summed E-state index contributed by atoms with van der Waals surface area (Å²) in [7, 11) is 1.49.